The van der Waals surface area contributed by atoms with Gasteiger partial charge in [-0.2, -0.15) is 0 Å². The maximum Gasteiger partial charge on any atom is 0.318 e. The minimum atomic E-state index is 0.115. The fraction of sp³-hybridized carbons (Fsp3) is 0.778. The number of likely N-dealkylation sites (tertiary alicyclic amines) is 2. The Labute approximate surface area is 148 Å². The molecular formula is C18H28N4OS. The van der Waals surface area contributed by atoms with Crippen LogP contribution in [0.2, 0.25) is 0 Å². The summed E-state index contributed by atoms with van der Waals surface area (Å²) in [6, 6.07) is 0.631. The summed E-state index contributed by atoms with van der Waals surface area (Å²) in [5, 5.41) is 4.40. The Morgan fingerprint density at radius 3 is 2.75 bits per heavy atom. The third-order valence-corrected chi connectivity index (χ3v) is 6.58. The molecule has 6 heteroatoms. The number of aromatic nitrogens is 1. The van der Waals surface area contributed by atoms with Gasteiger partial charge in [0.1, 0.15) is 5.01 Å². The first-order valence-electron chi connectivity index (χ1n) is 9.42. The van der Waals surface area contributed by atoms with Crippen LogP contribution in [-0.4, -0.2) is 53.0 Å². The van der Waals surface area contributed by atoms with Crippen LogP contribution in [0.1, 0.15) is 54.5 Å². The highest BCUT2D eigenvalue weighted by Crippen LogP contribution is 2.42. The van der Waals surface area contributed by atoms with Crippen LogP contribution in [0, 0.1) is 12.8 Å². The molecule has 132 valence electrons. The van der Waals surface area contributed by atoms with E-state index in [2.05, 4.69) is 27.0 Å². The second-order valence-electron chi connectivity index (χ2n) is 7.57. The van der Waals surface area contributed by atoms with E-state index in [1.165, 1.54) is 43.6 Å². The molecule has 24 heavy (non-hydrogen) atoms. The fourth-order valence-electron chi connectivity index (χ4n) is 4.10. The van der Waals surface area contributed by atoms with Gasteiger partial charge in [-0.3, -0.25) is 0 Å². The molecular weight excluding hydrogens is 320 g/mol. The van der Waals surface area contributed by atoms with Crippen molar-refractivity contribution in [3.63, 3.8) is 0 Å². The molecule has 1 aromatic heterocycles. The molecule has 1 aliphatic carbocycles. The van der Waals surface area contributed by atoms with Crippen LogP contribution in [0.15, 0.2) is 6.20 Å². The Bertz CT molecular complexity index is 579. The van der Waals surface area contributed by atoms with E-state index in [1.807, 2.05) is 6.20 Å². The minimum absolute atomic E-state index is 0.115. The lowest BCUT2D eigenvalue weighted by Crippen LogP contribution is -2.48. The maximum atomic E-state index is 12.9. The minimum Gasteiger partial charge on any atom is -0.328 e. The number of urea groups is 1. The number of rotatable bonds is 5. The number of thiazole rings is 1. The van der Waals surface area contributed by atoms with Gasteiger partial charge in [-0.15, -0.1) is 11.3 Å². The molecule has 0 radical (unpaired) electrons. The Morgan fingerprint density at radius 1 is 1.29 bits per heavy atom. The molecule has 3 heterocycles. The van der Waals surface area contributed by atoms with Gasteiger partial charge in [0.25, 0.3) is 0 Å². The molecule has 2 atom stereocenters. The first-order chi connectivity index (χ1) is 11.7. The molecule has 1 saturated carbocycles. The van der Waals surface area contributed by atoms with Crippen molar-refractivity contribution in [2.45, 2.75) is 57.5 Å². The molecule has 3 fully saturated rings. The average Bonchev–Trinajstić information content (AvgIpc) is 2.96. The van der Waals surface area contributed by atoms with Gasteiger partial charge in [0.05, 0.1) is 6.04 Å². The molecule has 4 rings (SSSR count). The standard InChI is InChI=1S/C18H28N4OS/c1-13-11-19-17(24-13)16(14-6-7-14)20-18(23)22-10-4-5-15(22)12-21-8-2-3-9-21/h11,14-16H,2-10,12H2,1H3,(H,20,23)/t15-,16-/m1/s1. The third-order valence-electron chi connectivity index (χ3n) is 5.58. The molecule has 1 N–H and O–H groups in total. The van der Waals surface area contributed by atoms with Crippen molar-refractivity contribution in [2.24, 2.45) is 5.92 Å². The lowest BCUT2D eigenvalue weighted by atomic mass is 10.2. The Morgan fingerprint density at radius 2 is 2.08 bits per heavy atom. The molecule has 2 saturated heterocycles. The quantitative estimate of drug-likeness (QED) is 0.889. The second kappa shape index (κ2) is 7.00. The van der Waals surface area contributed by atoms with E-state index >= 15 is 0 Å². The first-order valence-corrected chi connectivity index (χ1v) is 10.2. The largest absolute Gasteiger partial charge is 0.328 e. The normalized spacial score (nSPS) is 26.0. The van der Waals surface area contributed by atoms with Crippen molar-refractivity contribution < 1.29 is 4.79 Å². The van der Waals surface area contributed by atoms with Crippen molar-refractivity contribution in [1.29, 1.82) is 0 Å². The molecule has 2 aliphatic heterocycles. The van der Waals surface area contributed by atoms with Gasteiger partial charge >= 0.3 is 6.03 Å². The van der Waals surface area contributed by atoms with Crippen molar-refractivity contribution in [3.05, 3.63) is 16.1 Å². The van der Waals surface area contributed by atoms with Gasteiger partial charge in [0.2, 0.25) is 0 Å². The number of nitrogens with one attached hydrogen (secondary N) is 1. The first kappa shape index (κ1) is 16.3. The van der Waals surface area contributed by atoms with Gasteiger partial charge in [-0.05, 0) is 64.5 Å². The van der Waals surface area contributed by atoms with Crippen molar-refractivity contribution in [2.75, 3.05) is 26.2 Å². The van der Waals surface area contributed by atoms with Crippen LogP contribution in [0.25, 0.3) is 0 Å². The summed E-state index contributed by atoms with van der Waals surface area (Å²) in [7, 11) is 0. The lowest BCUT2D eigenvalue weighted by Gasteiger charge is -2.30. The number of amides is 2. The van der Waals surface area contributed by atoms with E-state index in [4.69, 9.17) is 0 Å². The zero-order valence-electron chi connectivity index (χ0n) is 14.5. The Hall–Kier alpha value is -1.14. The summed E-state index contributed by atoms with van der Waals surface area (Å²) in [5.74, 6) is 0.583. The molecule has 2 amide bonds. The summed E-state index contributed by atoms with van der Waals surface area (Å²) < 4.78 is 0. The van der Waals surface area contributed by atoms with E-state index < -0.39 is 0 Å². The highest BCUT2D eigenvalue weighted by atomic mass is 32.1. The number of aryl methyl sites for hydroxylation is 1. The molecule has 0 spiro atoms. The molecule has 5 nitrogen and oxygen atoms in total. The van der Waals surface area contributed by atoms with Gasteiger partial charge in [0, 0.05) is 30.2 Å². The van der Waals surface area contributed by atoms with Gasteiger partial charge < -0.3 is 15.1 Å². The van der Waals surface area contributed by atoms with Gasteiger partial charge in [-0.25, -0.2) is 9.78 Å². The summed E-state index contributed by atoms with van der Waals surface area (Å²) in [6.07, 6.45) is 9.25. The zero-order chi connectivity index (χ0) is 16.5. The lowest BCUT2D eigenvalue weighted by molar-refractivity contribution is 0.170. The summed E-state index contributed by atoms with van der Waals surface area (Å²) >= 11 is 1.72. The highest BCUT2D eigenvalue weighted by molar-refractivity contribution is 7.11. The maximum absolute atomic E-state index is 12.9. The van der Waals surface area contributed by atoms with Crippen LogP contribution >= 0.6 is 11.3 Å². The van der Waals surface area contributed by atoms with E-state index in [0.717, 1.165) is 30.9 Å². The Balaban J connectivity index is 1.40. The highest BCUT2D eigenvalue weighted by Gasteiger charge is 2.38. The smallest absolute Gasteiger partial charge is 0.318 e. The average molecular weight is 349 g/mol. The van der Waals surface area contributed by atoms with Crippen LogP contribution < -0.4 is 5.32 Å². The summed E-state index contributed by atoms with van der Waals surface area (Å²) in [5.41, 5.74) is 0. The van der Waals surface area contributed by atoms with E-state index in [-0.39, 0.29) is 12.1 Å². The van der Waals surface area contributed by atoms with E-state index in [1.54, 1.807) is 11.3 Å². The van der Waals surface area contributed by atoms with E-state index in [9.17, 15) is 4.79 Å². The van der Waals surface area contributed by atoms with Crippen molar-refractivity contribution in [1.82, 2.24) is 20.1 Å². The molecule has 0 unspecified atom stereocenters. The summed E-state index contributed by atoms with van der Waals surface area (Å²) in [6.45, 7) is 6.44. The predicted octanol–water partition coefficient (Wildman–Crippen LogP) is 3.17. The Kier molecular flexibility index (Phi) is 4.77. The van der Waals surface area contributed by atoms with Crippen molar-refractivity contribution in [3.8, 4) is 0 Å². The number of carbonyl (C=O) groups is 1. The number of hydrogen-bond donors (Lipinski definition) is 1. The topological polar surface area (TPSA) is 48.5 Å². The fourth-order valence-corrected chi connectivity index (χ4v) is 5.02. The van der Waals surface area contributed by atoms with Crippen LogP contribution in [-0.2, 0) is 0 Å². The van der Waals surface area contributed by atoms with Crippen molar-refractivity contribution >= 4 is 17.4 Å². The van der Waals surface area contributed by atoms with Crippen LogP contribution in [0.5, 0.6) is 0 Å². The SMILES string of the molecule is Cc1cnc([C@H](NC(=O)N2CCC[C@@H]2CN2CCCC2)C2CC2)s1. The summed E-state index contributed by atoms with van der Waals surface area (Å²) in [4.78, 5) is 23.3. The number of carbonyl (C=O) groups excluding carboxylic acids is 1. The predicted molar refractivity (Wildman–Crippen MR) is 96.2 cm³/mol. The van der Waals surface area contributed by atoms with E-state index in [0.29, 0.717) is 12.0 Å². The van der Waals surface area contributed by atoms with Gasteiger partial charge in [0.15, 0.2) is 0 Å². The number of nitrogens with zero attached hydrogens (tertiary/aromatic N) is 3. The monoisotopic (exact) mass is 348 g/mol. The second-order valence-corrected chi connectivity index (χ2v) is 8.84. The zero-order valence-corrected chi connectivity index (χ0v) is 15.4. The third kappa shape index (κ3) is 3.59. The van der Waals surface area contributed by atoms with Crippen LogP contribution in [0.3, 0.4) is 0 Å². The van der Waals surface area contributed by atoms with Gasteiger partial charge in [-0.1, -0.05) is 0 Å². The van der Waals surface area contributed by atoms with Crippen LogP contribution in [0.4, 0.5) is 4.79 Å². The molecule has 1 aromatic rings. The number of hydrogen-bond acceptors (Lipinski definition) is 4. The molecule has 0 bridgehead atoms. The molecule has 0 aromatic carbocycles. The molecule has 3 aliphatic rings.